The van der Waals surface area contributed by atoms with E-state index in [0.717, 1.165) is 6.42 Å². The number of allylic oxidation sites excluding steroid dienone is 2. The Morgan fingerprint density at radius 3 is 2.26 bits per heavy atom. The van der Waals surface area contributed by atoms with Crippen molar-refractivity contribution in [1.29, 1.82) is 0 Å². The highest BCUT2D eigenvalue weighted by Crippen LogP contribution is 2.65. The van der Waals surface area contributed by atoms with Crippen LogP contribution in [0.15, 0.2) is 60.7 Å². The van der Waals surface area contributed by atoms with Gasteiger partial charge in [-0.25, -0.2) is 4.90 Å². The van der Waals surface area contributed by atoms with E-state index in [9.17, 15) is 14.4 Å². The van der Waals surface area contributed by atoms with Gasteiger partial charge in [0.1, 0.15) is 5.75 Å². The highest BCUT2D eigenvalue weighted by molar-refractivity contribution is 6.30. The second-order valence-electron chi connectivity index (χ2n) is 8.88. The first-order valence-corrected chi connectivity index (χ1v) is 11.0. The fourth-order valence-corrected chi connectivity index (χ4v) is 5.92. The summed E-state index contributed by atoms with van der Waals surface area (Å²) in [6.45, 7) is -0.143. The molecule has 2 amide bonds. The molecule has 4 aliphatic carbocycles. The Morgan fingerprint density at radius 2 is 1.61 bits per heavy atom. The molecule has 6 atom stereocenters. The van der Waals surface area contributed by atoms with Crippen LogP contribution in [0.25, 0.3) is 0 Å². The molecular formula is C25H20ClNO4. The van der Waals surface area contributed by atoms with Crippen LogP contribution in [0.4, 0.5) is 5.69 Å². The van der Waals surface area contributed by atoms with Gasteiger partial charge in [-0.1, -0.05) is 29.8 Å². The average molecular weight is 434 g/mol. The lowest BCUT2D eigenvalue weighted by Crippen LogP contribution is -2.40. The van der Waals surface area contributed by atoms with Crippen molar-refractivity contribution in [2.75, 3.05) is 11.5 Å². The molecule has 2 aromatic carbocycles. The number of rotatable bonds is 5. The Bertz CT molecular complexity index is 1100. The van der Waals surface area contributed by atoms with Gasteiger partial charge in [0.25, 0.3) is 0 Å². The molecule has 3 fully saturated rings. The molecule has 2 saturated carbocycles. The number of hydrogen-bond donors (Lipinski definition) is 0. The standard InChI is InChI=1S/C25H20ClNO4/c26-14-6-4-13(5-7-14)21(28)12-31-16-3-1-2-15(10-16)27-24(29)22-17-8-9-18(20-11-19(17)20)23(22)25(27)30/h1-10,17-20,22-23H,11-12H2/t17-,18+,19-,20-,22+,23+/m1/s1. The highest BCUT2D eigenvalue weighted by Gasteiger charge is 2.67. The Kier molecular flexibility index (Phi) is 4.12. The van der Waals surface area contributed by atoms with Gasteiger partial charge in [-0.15, -0.1) is 0 Å². The Hall–Kier alpha value is -2.92. The summed E-state index contributed by atoms with van der Waals surface area (Å²) >= 11 is 5.86. The minimum atomic E-state index is -0.234. The number of carbonyl (C=O) groups excluding carboxylic acids is 3. The summed E-state index contributed by atoms with van der Waals surface area (Å²) in [7, 11) is 0. The third-order valence-electron chi connectivity index (χ3n) is 7.27. The van der Waals surface area contributed by atoms with Crippen LogP contribution < -0.4 is 9.64 Å². The van der Waals surface area contributed by atoms with Gasteiger partial charge in [-0.3, -0.25) is 14.4 Å². The summed E-state index contributed by atoms with van der Waals surface area (Å²) in [5.41, 5.74) is 1.02. The fraction of sp³-hybridized carbons (Fsp3) is 0.320. The zero-order chi connectivity index (χ0) is 21.3. The molecule has 1 aliphatic heterocycles. The van der Waals surface area contributed by atoms with Crippen LogP contribution in [0.5, 0.6) is 5.75 Å². The van der Waals surface area contributed by atoms with E-state index in [1.807, 2.05) is 0 Å². The van der Waals surface area contributed by atoms with Crippen molar-refractivity contribution in [3.8, 4) is 5.75 Å². The van der Waals surface area contributed by atoms with Crippen LogP contribution in [0.2, 0.25) is 5.02 Å². The normalized spacial score (nSPS) is 32.1. The zero-order valence-electron chi connectivity index (χ0n) is 16.6. The molecule has 0 radical (unpaired) electrons. The summed E-state index contributed by atoms with van der Waals surface area (Å²) in [5.74, 6) is 1.12. The predicted molar refractivity (Wildman–Crippen MR) is 115 cm³/mol. The van der Waals surface area contributed by atoms with Crippen molar-refractivity contribution in [3.63, 3.8) is 0 Å². The first-order valence-electron chi connectivity index (χ1n) is 10.6. The topological polar surface area (TPSA) is 63.7 Å². The lowest BCUT2D eigenvalue weighted by Gasteiger charge is -2.37. The van der Waals surface area contributed by atoms with E-state index in [1.54, 1.807) is 48.5 Å². The van der Waals surface area contributed by atoms with Crippen molar-refractivity contribution in [2.45, 2.75) is 6.42 Å². The molecule has 2 aromatic rings. The fourth-order valence-electron chi connectivity index (χ4n) is 5.79. The molecular weight excluding hydrogens is 414 g/mol. The maximum absolute atomic E-state index is 13.3. The van der Waals surface area contributed by atoms with E-state index in [4.69, 9.17) is 16.3 Å². The van der Waals surface area contributed by atoms with Crippen LogP contribution in [0.1, 0.15) is 16.8 Å². The molecule has 5 aliphatic rings. The van der Waals surface area contributed by atoms with Gasteiger partial charge >= 0.3 is 0 Å². The largest absolute Gasteiger partial charge is 0.485 e. The molecule has 0 N–H and O–H groups in total. The van der Waals surface area contributed by atoms with Gasteiger partial charge in [0.2, 0.25) is 11.8 Å². The zero-order valence-corrected chi connectivity index (χ0v) is 17.4. The minimum Gasteiger partial charge on any atom is -0.485 e. The van der Waals surface area contributed by atoms with Gasteiger partial charge < -0.3 is 4.74 Å². The van der Waals surface area contributed by atoms with E-state index in [0.29, 0.717) is 33.9 Å². The molecule has 156 valence electrons. The monoisotopic (exact) mass is 433 g/mol. The molecule has 31 heavy (non-hydrogen) atoms. The van der Waals surface area contributed by atoms with E-state index in [1.165, 1.54) is 4.90 Å². The van der Waals surface area contributed by atoms with E-state index in [2.05, 4.69) is 12.2 Å². The van der Waals surface area contributed by atoms with Crippen LogP contribution in [0.3, 0.4) is 0 Å². The number of nitrogens with zero attached hydrogens (tertiary/aromatic N) is 1. The third kappa shape index (κ3) is 2.87. The van der Waals surface area contributed by atoms with Gasteiger partial charge in [0, 0.05) is 16.7 Å². The van der Waals surface area contributed by atoms with Crippen LogP contribution in [0, 0.1) is 35.5 Å². The van der Waals surface area contributed by atoms with Gasteiger partial charge in [-0.05, 0) is 66.5 Å². The minimum absolute atomic E-state index is 0.103. The quantitative estimate of drug-likeness (QED) is 0.403. The molecule has 1 heterocycles. The smallest absolute Gasteiger partial charge is 0.238 e. The van der Waals surface area contributed by atoms with E-state index in [-0.39, 0.29) is 47.9 Å². The second-order valence-corrected chi connectivity index (χ2v) is 9.32. The third-order valence-corrected chi connectivity index (χ3v) is 7.53. The number of amides is 2. The first kappa shape index (κ1) is 18.8. The maximum atomic E-state index is 13.3. The molecule has 6 heteroatoms. The maximum Gasteiger partial charge on any atom is 0.238 e. The highest BCUT2D eigenvalue weighted by atomic mass is 35.5. The predicted octanol–water partition coefficient (Wildman–Crippen LogP) is 4.16. The van der Waals surface area contributed by atoms with E-state index < -0.39 is 0 Å². The van der Waals surface area contributed by atoms with E-state index >= 15 is 0 Å². The Labute approximate surface area is 184 Å². The average Bonchev–Trinajstić information content (AvgIpc) is 3.56. The van der Waals surface area contributed by atoms with Crippen LogP contribution in [-0.2, 0) is 9.59 Å². The van der Waals surface area contributed by atoms with Gasteiger partial charge in [0.05, 0.1) is 17.5 Å². The molecule has 0 unspecified atom stereocenters. The molecule has 5 nitrogen and oxygen atoms in total. The second kappa shape index (κ2) is 6.79. The van der Waals surface area contributed by atoms with Crippen molar-refractivity contribution >= 4 is 34.9 Å². The molecule has 0 aromatic heterocycles. The van der Waals surface area contributed by atoms with Crippen LogP contribution in [-0.4, -0.2) is 24.2 Å². The van der Waals surface area contributed by atoms with Crippen molar-refractivity contribution in [3.05, 3.63) is 71.3 Å². The summed E-state index contributed by atoms with van der Waals surface area (Å²) in [6, 6.07) is 13.5. The molecule has 1 saturated heterocycles. The molecule has 7 rings (SSSR count). The summed E-state index contributed by atoms with van der Waals surface area (Å²) in [4.78, 5) is 40.2. The SMILES string of the molecule is O=C(COc1cccc(N2C(=O)[C@H]3[C@@H]4C=C[C@@H]([C@H]5C[C@H]45)[C@@H]3C2=O)c1)c1ccc(Cl)cc1. The Balaban J connectivity index is 1.20. The lowest BCUT2D eigenvalue weighted by atomic mass is 9.63. The van der Waals surface area contributed by atoms with Crippen molar-refractivity contribution < 1.29 is 19.1 Å². The number of Topliss-reactive ketones (excluding diaryl/α,β-unsaturated/α-hetero) is 1. The first-order chi connectivity index (χ1) is 15.0. The van der Waals surface area contributed by atoms with Crippen molar-refractivity contribution in [2.24, 2.45) is 35.5 Å². The Morgan fingerprint density at radius 1 is 0.968 bits per heavy atom. The summed E-state index contributed by atoms with van der Waals surface area (Å²) in [6.07, 6.45) is 5.47. The summed E-state index contributed by atoms with van der Waals surface area (Å²) in [5, 5.41) is 0.562. The molecule has 0 spiro atoms. The lowest BCUT2D eigenvalue weighted by molar-refractivity contribution is -0.124. The number of ether oxygens (including phenoxy) is 1. The number of halogens is 1. The number of ketones is 1. The van der Waals surface area contributed by atoms with Crippen molar-refractivity contribution in [1.82, 2.24) is 0 Å². The van der Waals surface area contributed by atoms with Gasteiger partial charge in [-0.2, -0.15) is 0 Å². The molecule has 2 bridgehead atoms. The summed E-state index contributed by atoms with van der Waals surface area (Å²) < 4.78 is 5.68. The van der Waals surface area contributed by atoms with Gasteiger partial charge in [0.15, 0.2) is 12.4 Å². The number of hydrogen-bond acceptors (Lipinski definition) is 4. The number of carbonyl (C=O) groups is 3. The van der Waals surface area contributed by atoms with Crippen LogP contribution >= 0.6 is 11.6 Å². The number of benzene rings is 2. The number of anilines is 1. The number of imide groups is 1.